The van der Waals surface area contributed by atoms with Gasteiger partial charge in [0.2, 0.25) is 0 Å². The molecule has 2 aromatic rings. The number of likely N-dealkylation sites (N-methyl/N-ethyl adjacent to an activating group) is 1. The Morgan fingerprint density at radius 2 is 1.48 bits per heavy atom. The summed E-state index contributed by atoms with van der Waals surface area (Å²) in [7, 11) is 0. The predicted molar refractivity (Wildman–Crippen MR) is 90.3 cm³/mol. The van der Waals surface area contributed by atoms with Crippen LogP contribution in [0.25, 0.3) is 5.57 Å². The standard InChI is InChI=1S/C20H23N/c1-2-21-15-9-14-19(16-21)20(17-10-5-3-6-11-17)18-12-7-4-8-13-18/h3-8,10-13H,2,9,14-16H2,1H3. The first kappa shape index (κ1) is 14.1. The summed E-state index contributed by atoms with van der Waals surface area (Å²) in [5.74, 6) is 0. The molecule has 1 saturated heterocycles. The Morgan fingerprint density at radius 3 is 2.00 bits per heavy atom. The van der Waals surface area contributed by atoms with E-state index in [1.807, 2.05) is 0 Å². The van der Waals surface area contributed by atoms with Crippen LogP contribution in [0, 0.1) is 0 Å². The molecule has 0 N–H and O–H groups in total. The maximum Gasteiger partial charge on any atom is 0.0202 e. The first-order valence-electron chi connectivity index (χ1n) is 7.93. The van der Waals surface area contributed by atoms with Gasteiger partial charge < -0.3 is 0 Å². The van der Waals surface area contributed by atoms with E-state index in [0.29, 0.717) is 0 Å². The second-order valence-electron chi connectivity index (χ2n) is 5.68. The first-order chi connectivity index (χ1) is 10.4. The lowest BCUT2D eigenvalue weighted by atomic mass is 9.89. The van der Waals surface area contributed by atoms with Crippen molar-refractivity contribution in [1.29, 1.82) is 0 Å². The molecule has 0 saturated carbocycles. The topological polar surface area (TPSA) is 3.24 Å². The van der Waals surface area contributed by atoms with Gasteiger partial charge in [0, 0.05) is 6.54 Å². The fraction of sp³-hybridized carbons (Fsp3) is 0.300. The van der Waals surface area contributed by atoms with Crippen molar-refractivity contribution >= 4 is 5.57 Å². The van der Waals surface area contributed by atoms with Crippen LogP contribution in [-0.4, -0.2) is 24.5 Å². The van der Waals surface area contributed by atoms with Crippen LogP contribution in [0.3, 0.4) is 0 Å². The fourth-order valence-electron chi connectivity index (χ4n) is 3.20. The fourth-order valence-corrected chi connectivity index (χ4v) is 3.20. The van der Waals surface area contributed by atoms with Gasteiger partial charge in [0.1, 0.15) is 0 Å². The largest absolute Gasteiger partial charge is 0.300 e. The highest BCUT2D eigenvalue weighted by Gasteiger charge is 2.18. The zero-order chi connectivity index (χ0) is 14.5. The van der Waals surface area contributed by atoms with Crippen LogP contribution < -0.4 is 0 Å². The van der Waals surface area contributed by atoms with Crippen LogP contribution in [0.1, 0.15) is 30.9 Å². The number of hydrogen-bond donors (Lipinski definition) is 0. The molecule has 0 amide bonds. The third kappa shape index (κ3) is 3.25. The van der Waals surface area contributed by atoms with Gasteiger partial charge >= 0.3 is 0 Å². The lowest BCUT2D eigenvalue weighted by Gasteiger charge is -2.29. The van der Waals surface area contributed by atoms with Gasteiger partial charge in [-0.1, -0.05) is 67.6 Å². The molecule has 21 heavy (non-hydrogen) atoms. The van der Waals surface area contributed by atoms with Gasteiger partial charge in [-0.2, -0.15) is 0 Å². The zero-order valence-electron chi connectivity index (χ0n) is 12.8. The van der Waals surface area contributed by atoms with Crippen molar-refractivity contribution < 1.29 is 0 Å². The molecule has 2 aromatic carbocycles. The van der Waals surface area contributed by atoms with Crippen molar-refractivity contribution in [1.82, 2.24) is 4.90 Å². The van der Waals surface area contributed by atoms with Gasteiger partial charge in [-0.15, -0.1) is 0 Å². The van der Waals surface area contributed by atoms with E-state index in [0.717, 1.165) is 13.1 Å². The highest BCUT2D eigenvalue weighted by molar-refractivity contribution is 5.82. The Morgan fingerprint density at radius 1 is 0.905 bits per heavy atom. The maximum atomic E-state index is 2.55. The summed E-state index contributed by atoms with van der Waals surface area (Å²) in [5, 5.41) is 0. The monoisotopic (exact) mass is 277 g/mol. The summed E-state index contributed by atoms with van der Waals surface area (Å²) in [6.45, 7) is 5.74. The number of likely N-dealkylation sites (tertiary alicyclic amines) is 1. The average molecular weight is 277 g/mol. The van der Waals surface area contributed by atoms with E-state index in [4.69, 9.17) is 0 Å². The molecule has 1 aliphatic rings. The van der Waals surface area contributed by atoms with E-state index < -0.39 is 0 Å². The average Bonchev–Trinajstić information content (AvgIpc) is 2.57. The molecular formula is C20H23N. The molecule has 3 rings (SSSR count). The third-order valence-electron chi connectivity index (χ3n) is 4.29. The van der Waals surface area contributed by atoms with Crippen LogP contribution in [-0.2, 0) is 0 Å². The van der Waals surface area contributed by atoms with E-state index in [2.05, 4.69) is 72.5 Å². The van der Waals surface area contributed by atoms with Crippen LogP contribution >= 0.6 is 0 Å². The lowest BCUT2D eigenvalue weighted by Crippen LogP contribution is -2.31. The highest BCUT2D eigenvalue weighted by atomic mass is 15.1. The molecule has 1 aliphatic heterocycles. The van der Waals surface area contributed by atoms with Crippen molar-refractivity contribution in [2.45, 2.75) is 19.8 Å². The van der Waals surface area contributed by atoms with E-state index in [9.17, 15) is 0 Å². The predicted octanol–water partition coefficient (Wildman–Crippen LogP) is 4.60. The first-order valence-corrected chi connectivity index (χ1v) is 7.93. The number of rotatable bonds is 3. The van der Waals surface area contributed by atoms with E-state index >= 15 is 0 Å². The molecule has 0 aromatic heterocycles. The molecule has 0 unspecified atom stereocenters. The number of piperidine rings is 1. The van der Waals surface area contributed by atoms with Crippen molar-refractivity contribution in [2.75, 3.05) is 19.6 Å². The molecule has 1 heterocycles. The highest BCUT2D eigenvalue weighted by Crippen LogP contribution is 2.31. The Balaban J connectivity index is 2.08. The minimum atomic E-state index is 1.11. The van der Waals surface area contributed by atoms with Gasteiger partial charge in [0.15, 0.2) is 0 Å². The SMILES string of the molecule is CCN1CCCC(=C(c2ccccc2)c2ccccc2)C1. The molecule has 0 radical (unpaired) electrons. The molecule has 0 spiro atoms. The summed E-state index contributed by atoms with van der Waals surface area (Å²) < 4.78 is 0. The molecule has 0 aliphatic carbocycles. The summed E-state index contributed by atoms with van der Waals surface area (Å²) >= 11 is 0. The Kier molecular flexibility index (Phi) is 4.52. The summed E-state index contributed by atoms with van der Waals surface area (Å²) in [6.07, 6.45) is 2.49. The van der Waals surface area contributed by atoms with Gasteiger partial charge in [0.25, 0.3) is 0 Å². The molecule has 1 fully saturated rings. The Bertz CT molecular complexity index is 557. The summed E-state index contributed by atoms with van der Waals surface area (Å²) in [5.41, 5.74) is 5.71. The molecule has 0 atom stereocenters. The van der Waals surface area contributed by atoms with E-state index in [-0.39, 0.29) is 0 Å². The van der Waals surface area contributed by atoms with Crippen LogP contribution in [0.5, 0.6) is 0 Å². The molecule has 1 nitrogen and oxygen atoms in total. The lowest BCUT2D eigenvalue weighted by molar-refractivity contribution is 0.280. The number of nitrogens with zero attached hydrogens (tertiary/aromatic N) is 1. The van der Waals surface area contributed by atoms with E-state index in [1.54, 1.807) is 5.57 Å². The van der Waals surface area contributed by atoms with Crippen molar-refractivity contribution in [3.05, 3.63) is 77.4 Å². The minimum absolute atomic E-state index is 1.11. The zero-order valence-corrected chi connectivity index (χ0v) is 12.8. The van der Waals surface area contributed by atoms with Crippen molar-refractivity contribution in [3.63, 3.8) is 0 Å². The van der Waals surface area contributed by atoms with Crippen LogP contribution in [0.2, 0.25) is 0 Å². The third-order valence-corrected chi connectivity index (χ3v) is 4.29. The maximum absolute atomic E-state index is 2.55. The molecule has 1 heteroatoms. The minimum Gasteiger partial charge on any atom is -0.300 e. The van der Waals surface area contributed by atoms with Gasteiger partial charge in [-0.3, -0.25) is 4.90 Å². The molecule has 108 valence electrons. The Labute approximate surface area is 127 Å². The quantitative estimate of drug-likeness (QED) is 0.792. The second-order valence-corrected chi connectivity index (χ2v) is 5.68. The number of benzene rings is 2. The van der Waals surface area contributed by atoms with Crippen molar-refractivity contribution in [3.8, 4) is 0 Å². The molecular weight excluding hydrogens is 254 g/mol. The number of hydrogen-bond acceptors (Lipinski definition) is 1. The van der Waals surface area contributed by atoms with Crippen LogP contribution in [0.15, 0.2) is 66.2 Å². The van der Waals surface area contributed by atoms with E-state index in [1.165, 1.54) is 36.1 Å². The van der Waals surface area contributed by atoms with Gasteiger partial charge in [-0.25, -0.2) is 0 Å². The summed E-state index contributed by atoms with van der Waals surface area (Å²) in [6, 6.07) is 21.7. The van der Waals surface area contributed by atoms with Gasteiger partial charge in [0.05, 0.1) is 0 Å². The Hall–Kier alpha value is -1.86. The van der Waals surface area contributed by atoms with Crippen LogP contribution in [0.4, 0.5) is 0 Å². The molecule has 0 bridgehead atoms. The smallest absolute Gasteiger partial charge is 0.0202 e. The summed E-state index contributed by atoms with van der Waals surface area (Å²) in [4.78, 5) is 2.55. The normalized spacial score (nSPS) is 16.0. The second kappa shape index (κ2) is 6.73. The van der Waals surface area contributed by atoms with Gasteiger partial charge in [-0.05, 0) is 48.2 Å². The van der Waals surface area contributed by atoms with Crippen molar-refractivity contribution in [2.24, 2.45) is 0 Å².